The number of fused-ring (bicyclic) bond motifs is 9. The molecule has 0 N–H and O–H groups in total. The van der Waals surface area contributed by atoms with Gasteiger partial charge in [-0.05, 0) is 94.4 Å². The van der Waals surface area contributed by atoms with Crippen molar-refractivity contribution in [1.29, 1.82) is 0 Å². The molecular weight excluding hydrogens is 595 g/mol. The van der Waals surface area contributed by atoms with Crippen molar-refractivity contribution >= 4 is 75.1 Å². The SMILES string of the molecule is O=c1oc2cc(-c3ccc4c(c3)c3ccccc3n4-c3ccccc3)ccc2c2ccc(-c3ccc4sc5ccccc5c4c3)cc12. The molecule has 0 aliphatic heterocycles. The van der Waals surface area contributed by atoms with E-state index >= 15 is 0 Å². The number of para-hydroxylation sites is 2. The average Bonchev–Trinajstić information content (AvgIpc) is 3.67. The number of benzene rings is 7. The average molecular weight is 620 g/mol. The Labute approximate surface area is 273 Å². The van der Waals surface area contributed by atoms with Gasteiger partial charge >= 0.3 is 5.63 Å². The molecule has 0 unspecified atom stereocenters. The van der Waals surface area contributed by atoms with Gasteiger partial charge in [-0.1, -0.05) is 84.9 Å². The van der Waals surface area contributed by atoms with Gasteiger partial charge in [-0.15, -0.1) is 11.3 Å². The first-order chi connectivity index (χ1) is 23.2. The maximum atomic E-state index is 13.5. The van der Waals surface area contributed by atoms with Crippen LogP contribution in [0, 0.1) is 0 Å². The fraction of sp³-hybridized carbons (Fsp3) is 0. The summed E-state index contributed by atoms with van der Waals surface area (Å²) in [7, 11) is 0. The summed E-state index contributed by atoms with van der Waals surface area (Å²) in [5.41, 5.74) is 7.89. The molecule has 4 heteroatoms. The Kier molecular flexibility index (Phi) is 5.60. The summed E-state index contributed by atoms with van der Waals surface area (Å²) in [6, 6.07) is 53.0. The van der Waals surface area contributed by atoms with E-state index in [0.717, 1.165) is 44.2 Å². The minimum atomic E-state index is -0.324. The van der Waals surface area contributed by atoms with Crippen LogP contribution in [0.5, 0.6) is 0 Å². The summed E-state index contributed by atoms with van der Waals surface area (Å²) in [4.78, 5) is 13.5. The molecule has 0 saturated heterocycles. The highest BCUT2D eigenvalue weighted by molar-refractivity contribution is 7.25. The van der Waals surface area contributed by atoms with Gasteiger partial charge in [-0.25, -0.2) is 4.79 Å². The topological polar surface area (TPSA) is 35.1 Å². The zero-order chi connectivity index (χ0) is 31.1. The first kappa shape index (κ1) is 26.3. The molecule has 10 rings (SSSR count). The summed E-state index contributed by atoms with van der Waals surface area (Å²) in [5, 5.41) is 7.30. The van der Waals surface area contributed by atoms with Crippen molar-refractivity contribution in [2.45, 2.75) is 0 Å². The van der Waals surface area contributed by atoms with Gasteiger partial charge < -0.3 is 8.98 Å². The van der Waals surface area contributed by atoms with Gasteiger partial charge in [0.2, 0.25) is 0 Å². The molecular formula is C43H25NO2S. The molecule has 0 radical (unpaired) electrons. The predicted molar refractivity (Wildman–Crippen MR) is 198 cm³/mol. The number of nitrogens with zero attached hydrogens (tertiary/aromatic N) is 1. The molecule has 220 valence electrons. The maximum Gasteiger partial charge on any atom is 0.344 e. The van der Waals surface area contributed by atoms with Crippen molar-refractivity contribution in [2.75, 3.05) is 0 Å². The van der Waals surface area contributed by atoms with Crippen molar-refractivity contribution in [3.05, 3.63) is 162 Å². The molecule has 7 aromatic carbocycles. The number of hydrogen-bond acceptors (Lipinski definition) is 3. The summed E-state index contributed by atoms with van der Waals surface area (Å²) in [6.07, 6.45) is 0. The second-order valence-corrected chi connectivity index (χ2v) is 13.2. The third kappa shape index (κ3) is 4.02. The Morgan fingerprint density at radius 1 is 0.426 bits per heavy atom. The molecule has 47 heavy (non-hydrogen) atoms. The van der Waals surface area contributed by atoms with Gasteiger partial charge in [0.15, 0.2) is 0 Å². The quantitative estimate of drug-likeness (QED) is 0.146. The van der Waals surface area contributed by atoms with Gasteiger partial charge in [-0.2, -0.15) is 0 Å². The van der Waals surface area contributed by atoms with Crippen molar-refractivity contribution in [3.63, 3.8) is 0 Å². The van der Waals surface area contributed by atoms with E-state index in [0.29, 0.717) is 11.0 Å². The molecule has 3 aromatic heterocycles. The largest absolute Gasteiger partial charge is 0.422 e. The Morgan fingerprint density at radius 2 is 1.02 bits per heavy atom. The molecule has 10 aromatic rings. The van der Waals surface area contributed by atoms with Gasteiger partial charge in [0, 0.05) is 42.0 Å². The van der Waals surface area contributed by atoms with E-state index in [4.69, 9.17) is 4.42 Å². The van der Waals surface area contributed by atoms with Crippen LogP contribution in [0.25, 0.3) is 91.7 Å². The lowest BCUT2D eigenvalue weighted by Crippen LogP contribution is -2.00. The first-order valence-electron chi connectivity index (χ1n) is 15.7. The molecule has 0 spiro atoms. The Hall–Kier alpha value is -5.97. The standard InChI is InChI=1S/C43H25NO2S/c45-43-37-24-26(28-17-21-42-36(23-28)34-11-5-7-13-41(34)47-42)14-18-31(37)33-19-15-29(25-40(33)46-43)27-16-20-39-35(22-27)32-10-4-6-12-38(32)44(39)30-8-2-1-3-9-30/h1-25H. The lowest BCUT2D eigenvalue weighted by molar-refractivity contribution is 0.570. The Bertz CT molecular complexity index is 2930. The van der Waals surface area contributed by atoms with Gasteiger partial charge in [0.25, 0.3) is 0 Å². The van der Waals surface area contributed by atoms with Crippen molar-refractivity contribution < 1.29 is 4.42 Å². The van der Waals surface area contributed by atoms with Crippen LogP contribution in [0.15, 0.2) is 161 Å². The maximum absolute atomic E-state index is 13.5. The predicted octanol–water partition coefficient (Wildman–Crippen LogP) is 11.7. The smallest absolute Gasteiger partial charge is 0.344 e. The second kappa shape index (κ2) is 10.0. The highest BCUT2D eigenvalue weighted by Crippen LogP contribution is 2.38. The molecule has 0 bridgehead atoms. The molecule has 0 aliphatic carbocycles. The fourth-order valence-corrected chi connectivity index (χ4v) is 8.29. The van der Waals surface area contributed by atoms with Crippen LogP contribution in [-0.2, 0) is 0 Å². The molecule has 0 saturated carbocycles. The lowest BCUT2D eigenvalue weighted by atomic mass is 9.97. The van der Waals surface area contributed by atoms with E-state index in [9.17, 15) is 4.79 Å². The normalized spacial score (nSPS) is 11.9. The summed E-state index contributed by atoms with van der Waals surface area (Å²) >= 11 is 1.81. The summed E-state index contributed by atoms with van der Waals surface area (Å²) in [6.45, 7) is 0. The van der Waals surface area contributed by atoms with Crippen molar-refractivity contribution in [2.24, 2.45) is 0 Å². The van der Waals surface area contributed by atoms with Crippen LogP contribution in [0.1, 0.15) is 0 Å². The van der Waals surface area contributed by atoms with Crippen LogP contribution < -0.4 is 5.63 Å². The number of hydrogen-bond donors (Lipinski definition) is 0. The van der Waals surface area contributed by atoms with E-state index in [1.807, 2.05) is 18.2 Å². The van der Waals surface area contributed by atoms with E-state index < -0.39 is 0 Å². The van der Waals surface area contributed by atoms with Crippen molar-refractivity contribution in [1.82, 2.24) is 4.57 Å². The fourth-order valence-electron chi connectivity index (χ4n) is 7.20. The second-order valence-electron chi connectivity index (χ2n) is 12.1. The van der Waals surface area contributed by atoms with Crippen LogP contribution in [0.3, 0.4) is 0 Å². The molecule has 3 nitrogen and oxygen atoms in total. The van der Waals surface area contributed by atoms with Crippen LogP contribution in [0.4, 0.5) is 0 Å². The summed E-state index contributed by atoms with van der Waals surface area (Å²) in [5.74, 6) is 0. The molecule has 0 atom stereocenters. The number of aromatic nitrogens is 1. The Morgan fingerprint density at radius 3 is 1.87 bits per heavy atom. The van der Waals surface area contributed by atoms with E-state index in [2.05, 4.69) is 138 Å². The molecule has 3 heterocycles. The van der Waals surface area contributed by atoms with E-state index in [-0.39, 0.29) is 5.63 Å². The third-order valence-corrected chi connectivity index (χ3v) is 10.6. The van der Waals surface area contributed by atoms with Gasteiger partial charge in [0.05, 0.1) is 16.4 Å². The number of rotatable bonds is 3. The van der Waals surface area contributed by atoms with Crippen LogP contribution >= 0.6 is 11.3 Å². The zero-order valence-electron chi connectivity index (χ0n) is 25.1. The monoisotopic (exact) mass is 619 g/mol. The van der Waals surface area contributed by atoms with Gasteiger partial charge in [0.1, 0.15) is 5.58 Å². The third-order valence-electron chi connectivity index (χ3n) is 9.44. The van der Waals surface area contributed by atoms with Crippen LogP contribution in [0.2, 0.25) is 0 Å². The van der Waals surface area contributed by atoms with E-state index in [1.165, 1.54) is 36.5 Å². The molecule has 0 aliphatic rings. The van der Waals surface area contributed by atoms with Crippen LogP contribution in [-0.4, -0.2) is 4.57 Å². The molecule has 0 amide bonds. The zero-order valence-corrected chi connectivity index (χ0v) is 25.9. The van der Waals surface area contributed by atoms with E-state index in [1.54, 1.807) is 11.3 Å². The lowest BCUT2D eigenvalue weighted by Gasteiger charge is -2.09. The highest BCUT2D eigenvalue weighted by atomic mass is 32.1. The first-order valence-corrected chi connectivity index (χ1v) is 16.5. The number of thiophene rings is 1. The highest BCUT2D eigenvalue weighted by Gasteiger charge is 2.15. The summed E-state index contributed by atoms with van der Waals surface area (Å²) < 4.78 is 10.9. The Balaban J connectivity index is 1.08. The minimum absolute atomic E-state index is 0.324. The minimum Gasteiger partial charge on any atom is -0.422 e. The van der Waals surface area contributed by atoms with Gasteiger partial charge in [-0.3, -0.25) is 0 Å². The molecule has 0 fully saturated rings. The van der Waals surface area contributed by atoms with Crippen molar-refractivity contribution in [3.8, 4) is 27.9 Å².